The Morgan fingerprint density at radius 1 is 1.11 bits per heavy atom. The van der Waals surface area contributed by atoms with Crippen LogP contribution in [0.3, 0.4) is 0 Å². The van der Waals surface area contributed by atoms with Crippen molar-refractivity contribution >= 4 is 0 Å². The Morgan fingerprint density at radius 2 is 1.83 bits per heavy atom. The summed E-state index contributed by atoms with van der Waals surface area (Å²) < 4.78 is 5.33. The molecule has 2 aliphatic rings. The van der Waals surface area contributed by atoms with Crippen molar-refractivity contribution in [1.29, 1.82) is 5.26 Å². The van der Waals surface area contributed by atoms with E-state index in [0.717, 1.165) is 12.2 Å². The summed E-state index contributed by atoms with van der Waals surface area (Å²) >= 11 is 0. The minimum absolute atomic E-state index is 0.107. The quantitative estimate of drug-likeness (QED) is 0.799. The molecule has 4 heteroatoms. The fourth-order valence-corrected chi connectivity index (χ4v) is 2.89. The van der Waals surface area contributed by atoms with Crippen molar-refractivity contribution in [3.05, 3.63) is 11.7 Å². The van der Waals surface area contributed by atoms with Gasteiger partial charge in [-0.1, -0.05) is 37.3 Å². The zero-order valence-electron chi connectivity index (χ0n) is 10.6. The van der Waals surface area contributed by atoms with Gasteiger partial charge in [-0.25, -0.2) is 0 Å². The summed E-state index contributed by atoms with van der Waals surface area (Å²) in [4.78, 5) is 4.54. The molecule has 1 aromatic heterocycles. The van der Waals surface area contributed by atoms with Gasteiger partial charge in [0, 0.05) is 5.92 Å². The third kappa shape index (κ3) is 2.40. The van der Waals surface area contributed by atoms with Crippen LogP contribution in [-0.4, -0.2) is 10.1 Å². The highest BCUT2D eigenvalue weighted by atomic mass is 16.5. The molecule has 1 aromatic rings. The molecule has 0 aromatic carbocycles. The molecule has 2 fully saturated rings. The first-order chi connectivity index (χ1) is 8.88. The molecule has 2 unspecified atom stereocenters. The lowest BCUT2D eigenvalue weighted by Crippen LogP contribution is -2.04. The van der Waals surface area contributed by atoms with Gasteiger partial charge in [-0.15, -0.1) is 0 Å². The standard InChI is InChI=1S/C14H19N3O/c15-9-11-8-12(11)14-16-13(17-18-14)10-6-4-2-1-3-5-7-10/h10-12H,1-8H2. The molecule has 4 nitrogen and oxygen atoms in total. The second-order valence-corrected chi connectivity index (χ2v) is 5.61. The third-order valence-electron chi connectivity index (χ3n) is 4.20. The van der Waals surface area contributed by atoms with Crippen molar-refractivity contribution in [2.24, 2.45) is 5.92 Å². The van der Waals surface area contributed by atoms with Crippen LogP contribution in [0.15, 0.2) is 4.52 Å². The molecule has 2 atom stereocenters. The number of hydrogen-bond donors (Lipinski definition) is 0. The van der Waals surface area contributed by atoms with E-state index in [0.29, 0.717) is 11.8 Å². The molecule has 3 rings (SSSR count). The second kappa shape index (κ2) is 5.09. The molecule has 0 saturated heterocycles. The van der Waals surface area contributed by atoms with Gasteiger partial charge in [0.15, 0.2) is 5.82 Å². The van der Waals surface area contributed by atoms with Gasteiger partial charge in [0.2, 0.25) is 5.89 Å². The van der Waals surface area contributed by atoms with Crippen molar-refractivity contribution < 1.29 is 4.52 Å². The summed E-state index contributed by atoms with van der Waals surface area (Å²) in [6.07, 6.45) is 9.85. The van der Waals surface area contributed by atoms with E-state index in [1.165, 1.54) is 44.9 Å². The zero-order valence-corrected chi connectivity index (χ0v) is 10.6. The third-order valence-corrected chi connectivity index (χ3v) is 4.20. The van der Waals surface area contributed by atoms with Crippen LogP contribution in [0.1, 0.15) is 74.9 Å². The largest absolute Gasteiger partial charge is 0.339 e. The minimum atomic E-state index is 0.107. The average molecular weight is 245 g/mol. The molecule has 96 valence electrons. The number of rotatable bonds is 2. The van der Waals surface area contributed by atoms with Gasteiger partial charge < -0.3 is 4.52 Å². The topological polar surface area (TPSA) is 62.7 Å². The first-order valence-corrected chi connectivity index (χ1v) is 7.11. The number of nitriles is 1. The maximum Gasteiger partial charge on any atom is 0.231 e. The molecule has 0 N–H and O–H groups in total. The van der Waals surface area contributed by atoms with Gasteiger partial charge in [0.25, 0.3) is 0 Å². The summed E-state index contributed by atoms with van der Waals surface area (Å²) in [5, 5.41) is 13.0. The van der Waals surface area contributed by atoms with E-state index in [1.54, 1.807) is 0 Å². The summed E-state index contributed by atoms with van der Waals surface area (Å²) in [5.74, 6) is 2.37. The van der Waals surface area contributed by atoms with Crippen molar-refractivity contribution in [1.82, 2.24) is 10.1 Å². The Balaban J connectivity index is 1.66. The highest BCUT2D eigenvalue weighted by Crippen LogP contribution is 2.46. The molecule has 18 heavy (non-hydrogen) atoms. The van der Waals surface area contributed by atoms with E-state index in [1.807, 2.05) is 0 Å². The Labute approximate surface area is 107 Å². The van der Waals surface area contributed by atoms with E-state index in [9.17, 15) is 0 Å². The Morgan fingerprint density at radius 3 is 2.50 bits per heavy atom. The van der Waals surface area contributed by atoms with Crippen molar-refractivity contribution in [2.45, 2.75) is 63.2 Å². The normalized spacial score (nSPS) is 29.3. The van der Waals surface area contributed by atoms with Gasteiger partial charge in [0.05, 0.1) is 17.9 Å². The monoisotopic (exact) mass is 245 g/mol. The fraction of sp³-hybridized carbons (Fsp3) is 0.786. The zero-order chi connectivity index (χ0) is 12.4. The summed E-state index contributed by atoms with van der Waals surface area (Å²) in [7, 11) is 0. The van der Waals surface area contributed by atoms with Crippen LogP contribution in [0.25, 0.3) is 0 Å². The van der Waals surface area contributed by atoms with Gasteiger partial charge in [-0.05, 0) is 19.3 Å². The van der Waals surface area contributed by atoms with Gasteiger partial charge in [-0.2, -0.15) is 10.2 Å². The molecular weight excluding hydrogens is 226 g/mol. The predicted molar refractivity (Wildman–Crippen MR) is 65.8 cm³/mol. The van der Waals surface area contributed by atoms with Gasteiger partial charge >= 0.3 is 0 Å². The lowest BCUT2D eigenvalue weighted by atomic mass is 9.91. The van der Waals surface area contributed by atoms with Crippen molar-refractivity contribution in [2.75, 3.05) is 0 Å². The van der Waals surface area contributed by atoms with Gasteiger partial charge in [0.1, 0.15) is 0 Å². The molecule has 0 bridgehead atoms. The van der Waals surface area contributed by atoms with E-state index in [4.69, 9.17) is 9.78 Å². The maximum absolute atomic E-state index is 8.82. The number of hydrogen-bond acceptors (Lipinski definition) is 4. The number of nitrogens with zero attached hydrogens (tertiary/aromatic N) is 3. The smallest absolute Gasteiger partial charge is 0.231 e. The average Bonchev–Trinajstić information content (AvgIpc) is 2.98. The van der Waals surface area contributed by atoms with Gasteiger partial charge in [-0.3, -0.25) is 0 Å². The Kier molecular flexibility index (Phi) is 3.31. The molecule has 0 amide bonds. The summed E-state index contributed by atoms with van der Waals surface area (Å²) in [5.41, 5.74) is 0. The lowest BCUT2D eigenvalue weighted by Gasteiger charge is -2.15. The van der Waals surface area contributed by atoms with Crippen LogP contribution in [0.5, 0.6) is 0 Å². The summed E-state index contributed by atoms with van der Waals surface area (Å²) in [6.45, 7) is 0. The number of aromatic nitrogens is 2. The molecule has 1 heterocycles. The van der Waals surface area contributed by atoms with Crippen LogP contribution >= 0.6 is 0 Å². The minimum Gasteiger partial charge on any atom is -0.339 e. The highest BCUT2D eigenvalue weighted by molar-refractivity contribution is 5.15. The lowest BCUT2D eigenvalue weighted by molar-refractivity contribution is 0.360. The molecule has 0 aliphatic heterocycles. The van der Waals surface area contributed by atoms with Crippen LogP contribution in [0.2, 0.25) is 0 Å². The van der Waals surface area contributed by atoms with E-state index in [2.05, 4.69) is 16.2 Å². The molecule has 2 saturated carbocycles. The van der Waals surface area contributed by atoms with Crippen LogP contribution in [-0.2, 0) is 0 Å². The van der Waals surface area contributed by atoms with Crippen LogP contribution in [0, 0.1) is 17.2 Å². The Bertz CT molecular complexity index is 440. The van der Waals surface area contributed by atoms with E-state index >= 15 is 0 Å². The van der Waals surface area contributed by atoms with Crippen molar-refractivity contribution in [3.63, 3.8) is 0 Å². The maximum atomic E-state index is 8.82. The van der Waals surface area contributed by atoms with E-state index < -0.39 is 0 Å². The van der Waals surface area contributed by atoms with Crippen LogP contribution < -0.4 is 0 Å². The summed E-state index contributed by atoms with van der Waals surface area (Å²) in [6, 6.07) is 2.27. The first-order valence-electron chi connectivity index (χ1n) is 7.11. The molecule has 2 aliphatic carbocycles. The fourth-order valence-electron chi connectivity index (χ4n) is 2.89. The molecule has 0 radical (unpaired) electrons. The SMILES string of the molecule is N#CC1CC1c1nc(C2CCCCCCC2)no1. The van der Waals surface area contributed by atoms with Crippen LogP contribution in [0.4, 0.5) is 0 Å². The Hall–Kier alpha value is -1.37. The highest BCUT2D eigenvalue weighted by Gasteiger charge is 2.43. The van der Waals surface area contributed by atoms with Crippen molar-refractivity contribution in [3.8, 4) is 6.07 Å². The van der Waals surface area contributed by atoms with E-state index in [-0.39, 0.29) is 11.8 Å². The molecular formula is C14H19N3O. The first kappa shape index (κ1) is 11.7. The molecule has 0 spiro atoms. The second-order valence-electron chi connectivity index (χ2n) is 5.61. The predicted octanol–water partition coefficient (Wildman–Crippen LogP) is 3.52.